The molecule has 0 fully saturated rings. The Labute approximate surface area is 178 Å². The van der Waals surface area contributed by atoms with Crippen molar-refractivity contribution in [2.24, 2.45) is 0 Å². The van der Waals surface area contributed by atoms with Crippen LogP contribution in [0, 0.1) is 0 Å². The Morgan fingerprint density at radius 3 is 2.43 bits per heavy atom. The van der Waals surface area contributed by atoms with E-state index in [1.165, 1.54) is 18.9 Å². The number of benzene rings is 1. The molecular formula is C20H26N4O5S. The van der Waals surface area contributed by atoms with Gasteiger partial charge in [0.2, 0.25) is 0 Å². The highest BCUT2D eigenvalue weighted by molar-refractivity contribution is 7.99. The number of aromatic amines is 1. The molecule has 0 spiro atoms. The number of hydrogen-bond acceptors (Lipinski definition) is 7. The summed E-state index contributed by atoms with van der Waals surface area (Å²) in [4.78, 5) is 35.6. The Morgan fingerprint density at radius 1 is 1.20 bits per heavy atom. The lowest BCUT2D eigenvalue weighted by Gasteiger charge is -2.22. The Balaban J connectivity index is 2.15. The summed E-state index contributed by atoms with van der Waals surface area (Å²) < 4.78 is 9.84. The molecule has 0 aliphatic rings. The minimum atomic E-state index is -0.592. The van der Waals surface area contributed by atoms with Crippen molar-refractivity contribution in [2.75, 3.05) is 18.7 Å². The van der Waals surface area contributed by atoms with E-state index in [0.717, 1.165) is 0 Å². The van der Waals surface area contributed by atoms with Crippen LogP contribution in [0.2, 0.25) is 0 Å². The second kappa shape index (κ2) is 10.1. The van der Waals surface area contributed by atoms with E-state index < -0.39 is 17.8 Å². The molecule has 162 valence electrons. The molecule has 2 amide bonds. The van der Waals surface area contributed by atoms with Crippen molar-refractivity contribution in [3.05, 3.63) is 46.4 Å². The van der Waals surface area contributed by atoms with Gasteiger partial charge in [-0.1, -0.05) is 12.1 Å². The van der Waals surface area contributed by atoms with E-state index in [0.29, 0.717) is 28.9 Å². The monoisotopic (exact) mass is 434 g/mol. The molecule has 0 saturated carbocycles. The fraction of sp³-hybridized carbons (Fsp3) is 0.400. The van der Waals surface area contributed by atoms with Gasteiger partial charge in [-0.15, -0.1) is 11.8 Å². The van der Waals surface area contributed by atoms with Crippen molar-refractivity contribution in [1.82, 2.24) is 15.5 Å². The molecule has 2 rings (SSSR count). The van der Waals surface area contributed by atoms with Gasteiger partial charge in [-0.05, 0) is 50.8 Å². The van der Waals surface area contributed by atoms with Crippen LogP contribution in [0.25, 0.3) is 11.1 Å². The normalized spacial score (nSPS) is 12.0. The number of H-pyrrole nitrogens is 1. The first-order valence-corrected chi connectivity index (χ1v) is 10.5. The summed E-state index contributed by atoms with van der Waals surface area (Å²) >= 11 is 1.44. The van der Waals surface area contributed by atoms with Crippen LogP contribution in [0.1, 0.15) is 26.5 Å². The molecule has 1 aromatic heterocycles. The van der Waals surface area contributed by atoms with Crippen molar-refractivity contribution >= 4 is 29.6 Å². The quantitative estimate of drug-likeness (QED) is 0.596. The van der Waals surface area contributed by atoms with Gasteiger partial charge in [0.15, 0.2) is 0 Å². The summed E-state index contributed by atoms with van der Waals surface area (Å²) in [5.41, 5.74) is 1.31. The van der Waals surface area contributed by atoms with Crippen LogP contribution in [0.3, 0.4) is 0 Å². The number of anilines is 1. The molecular weight excluding hydrogens is 408 g/mol. The Bertz CT molecular complexity index is 937. The van der Waals surface area contributed by atoms with Crippen LogP contribution in [0.5, 0.6) is 0 Å². The standard InChI is InChI=1S/C20H26N4O5S/c1-20(2,3)29-19(27)22-16(30-5)11-14-10-15(17(25)24-23-14)12-6-8-13(9-7-12)21-18(26)28-4/h6-10,16H,11H2,1-5H3,(H,21,26)(H,22,27)(H,24,25)/t16-/m1/s1. The zero-order chi connectivity index (χ0) is 22.3. The van der Waals surface area contributed by atoms with Crippen LogP contribution >= 0.6 is 11.8 Å². The maximum Gasteiger partial charge on any atom is 0.411 e. The minimum Gasteiger partial charge on any atom is -0.453 e. The van der Waals surface area contributed by atoms with E-state index in [1.807, 2.05) is 6.26 Å². The number of alkyl carbamates (subject to hydrolysis) is 1. The summed E-state index contributed by atoms with van der Waals surface area (Å²) in [7, 11) is 1.28. The third kappa shape index (κ3) is 7.11. The number of nitrogens with zero attached hydrogens (tertiary/aromatic N) is 1. The van der Waals surface area contributed by atoms with Gasteiger partial charge in [0, 0.05) is 12.1 Å². The number of amides is 2. The minimum absolute atomic E-state index is 0.280. The van der Waals surface area contributed by atoms with Gasteiger partial charge in [0.25, 0.3) is 5.56 Å². The Hall–Kier alpha value is -3.01. The van der Waals surface area contributed by atoms with Gasteiger partial charge in [0.05, 0.1) is 23.7 Å². The highest BCUT2D eigenvalue weighted by atomic mass is 32.2. The molecule has 9 nitrogen and oxygen atoms in total. The fourth-order valence-electron chi connectivity index (χ4n) is 2.49. The highest BCUT2D eigenvalue weighted by Crippen LogP contribution is 2.20. The molecule has 2 aromatic rings. The van der Waals surface area contributed by atoms with Crippen LogP contribution < -0.4 is 16.2 Å². The first-order valence-electron chi connectivity index (χ1n) is 9.17. The molecule has 1 atom stereocenters. The number of thioether (sulfide) groups is 1. The average molecular weight is 435 g/mol. The highest BCUT2D eigenvalue weighted by Gasteiger charge is 2.20. The molecule has 0 aliphatic heterocycles. The van der Waals surface area contributed by atoms with E-state index >= 15 is 0 Å². The summed E-state index contributed by atoms with van der Waals surface area (Å²) in [5.74, 6) is 0. The van der Waals surface area contributed by atoms with Gasteiger partial charge in [-0.25, -0.2) is 14.7 Å². The lowest BCUT2D eigenvalue weighted by molar-refractivity contribution is 0.0522. The summed E-state index contributed by atoms with van der Waals surface area (Å²) in [6.45, 7) is 5.38. The molecule has 10 heteroatoms. The molecule has 1 heterocycles. The maximum atomic E-state index is 12.3. The van der Waals surface area contributed by atoms with Crippen molar-refractivity contribution in [2.45, 2.75) is 38.2 Å². The number of nitrogens with one attached hydrogen (secondary N) is 3. The lowest BCUT2D eigenvalue weighted by atomic mass is 10.1. The van der Waals surface area contributed by atoms with E-state index in [1.54, 1.807) is 51.1 Å². The molecule has 1 aromatic carbocycles. The molecule has 0 radical (unpaired) electrons. The first kappa shape index (κ1) is 23.3. The molecule has 0 bridgehead atoms. The molecule has 3 N–H and O–H groups in total. The Kier molecular flexibility index (Phi) is 7.87. The lowest BCUT2D eigenvalue weighted by Crippen LogP contribution is -2.38. The number of rotatable bonds is 6. The second-order valence-corrected chi connectivity index (χ2v) is 8.41. The van der Waals surface area contributed by atoms with Gasteiger partial charge >= 0.3 is 12.2 Å². The zero-order valence-corrected chi connectivity index (χ0v) is 18.4. The van der Waals surface area contributed by atoms with E-state index in [9.17, 15) is 14.4 Å². The first-order chi connectivity index (χ1) is 14.1. The molecule has 30 heavy (non-hydrogen) atoms. The van der Waals surface area contributed by atoms with Gasteiger partial charge in [-0.2, -0.15) is 5.10 Å². The number of hydrogen-bond donors (Lipinski definition) is 3. The molecule has 0 saturated heterocycles. The van der Waals surface area contributed by atoms with Crippen molar-refractivity contribution in [3.63, 3.8) is 0 Å². The number of aromatic nitrogens is 2. The third-order valence-electron chi connectivity index (χ3n) is 3.84. The summed E-state index contributed by atoms with van der Waals surface area (Å²) in [6, 6.07) is 8.44. The molecule has 0 unspecified atom stereocenters. The largest absolute Gasteiger partial charge is 0.453 e. The van der Waals surface area contributed by atoms with Crippen LogP contribution in [0.15, 0.2) is 35.1 Å². The molecule has 0 aliphatic carbocycles. The Morgan fingerprint density at radius 2 is 1.87 bits per heavy atom. The topological polar surface area (TPSA) is 122 Å². The summed E-state index contributed by atoms with van der Waals surface area (Å²) in [6.07, 6.45) is 1.17. The maximum absolute atomic E-state index is 12.3. The fourth-order valence-corrected chi connectivity index (χ4v) is 3.04. The second-order valence-electron chi connectivity index (χ2n) is 7.37. The number of methoxy groups -OCH3 is 1. The van der Waals surface area contributed by atoms with E-state index in [-0.39, 0.29) is 10.9 Å². The predicted molar refractivity (Wildman–Crippen MR) is 117 cm³/mol. The van der Waals surface area contributed by atoms with Crippen molar-refractivity contribution < 1.29 is 19.1 Å². The van der Waals surface area contributed by atoms with Crippen LogP contribution in [0.4, 0.5) is 15.3 Å². The number of carbonyl (C=O) groups excluding carboxylic acids is 2. The van der Waals surface area contributed by atoms with Gasteiger partial charge < -0.3 is 14.8 Å². The summed E-state index contributed by atoms with van der Waals surface area (Å²) in [5, 5.41) is 11.6. The number of carbonyl (C=O) groups is 2. The predicted octanol–water partition coefficient (Wildman–Crippen LogP) is 3.37. The van der Waals surface area contributed by atoms with Crippen LogP contribution in [-0.4, -0.2) is 46.7 Å². The average Bonchev–Trinajstić information content (AvgIpc) is 2.68. The zero-order valence-electron chi connectivity index (χ0n) is 17.6. The third-order valence-corrected chi connectivity index (χ3v) is 4.69. The van der Waals surface area contributed by atoms with Gasteiger partial charge in [0.1, 0.15) is 5.60 Å². The van der Waals surface area contributed by atoms with E-state index in [4.69, 9.17) is 4.74 Å². The van der Waals surface area contributed by atoms with Crippen molar-refractivity contribution in [3.8, 4) is 11.1 Å². The SMILES string of the molecule is COC(=O)Nc1ccc(-c2cc(C[C@H](NC(=O)OC(C)(C)C)SC)n[nH]c2=O)cc1. The van der Waals surface area contributed by atoms with Crippen LogP contribution in [-0.2, 0) is 15.9 Å². The van der Waals surface area contributed by atoms with Crippen molar-refractivity contribution in [1.29, 1.82) is 0 Å². The van der Waals surface area contributed by atoms with Gasteiger partial charge in [-0.3, -0.25) is 10.1 Å². The number of ether oxygens (including phenoxy) is 2. The smallest absolute Gasteiger partial charge is 0.411 e. The van der Waals surface area contributed by atoms with E-state index in [2.05, 4.69) is 25.6 Å².